The molecule has 0 fully saturated rings. The van der Waals surface area contributed by atoms with Crippen LogP contribution in [0.2, 0.25) is 0 Å². The maximum absolute atomic E-state index is 12.3. The molecule has 4 rings (SSSR count). The van der Waals surface area contributed by atoms with Crippen molar-refractivity contribution in [1.82, 2.24) is 9.88 Å². The fourth-order valence-electron chi connectivity index (χ4n) is 4.29. The predicted octanol–water partition coefficient (Wildman–Crippen LogP) is 4.87. The molecule has 4 aromatic rings. The lowest BCUT2D eigenvalue weighted by Gasteiger charge is -2.23. The van der Waals surface area contributed by atoms with Crippen molar-refractivity contribution in [3.63, 3.8) is 0 Å². The summed E-state index contributed by atoms with van der Waals surface area (Å²) in [5, 5.41) is 1.03. The van der Waals surface area contributed by atoms with E-state index in [-0.39, 0.29) is 0 Å². The van der Waals surface area contributed by atoms with Gasteiger partial charge in [-0.25, -0.2) is 0 Å². The number of H-pyrrole nitrogens is 1. The monoisotopic (exact) mass is 440 g/mol. The molecule has 33 heavy (non-hydrogen) atoms. The number of nitrogens with zero attached hydrogens (tertiary/aromatic N) is 1. The van der Waals surface area contributed by atoms with Crippen LogP contribution in [0.25, 0.3) is 10.9 Å². The third kappa shape index (κ3) is 5.38. The van der Waals surface area contributed by atoms with Gasteiger partial charge in [-0.15, -0.1) is 0 Å². The molecule has 1 atom stereocenters. The van der Waals surface area contributed by atoms with E-state index in [2.05, 4.69) is 58.4 Å². The number of rotatable bonds is 10. The Bertz CT molecular complexity index is 1160. The fourth-order valence-corrected chi connectivity index (χ4v) is 4.29. The molecular weight excluding hydrogens is 412 g/mol. The van der Waals surface area contributed by atoms with Crippen LogP contribution >= 0.6 is 0 Å². The number of fused-ring (bicyclic) bond motifs is 1. The molecular formula is C28H28N2O3. The van der Waals surface area contributed by atoms with E-state index in [4.69, 9.17) is 4.74 Å². The average Bonchev–Trinajstić information content (AvgIpc) is 3.22. The lowest BCUT2D eigenvalue weighted by Crippen LogP contribution is -2.26. The van der Waals surface area contributed by atoms with E-state index in [0.29, 0.717) is 18.4 Å². The van der Waals surface area contributed by atoms with Crippen molar-refractivity contribution in [3.8, 4) is 0 Å². The van der Waals surface area contributed by atoms with Crippen molar-refractivity contribution < 1.29 is 14.3 Å². The van der Waals surface area contributed by atoms with Crippen LogP contribution in [-0.4, -0.2) is 35.8 Å². The third-order valence-electron chi connectivity index (χ3n) is 5.92. The molecule has 3 aromatic carbocycles. The van der Waals surface area contributed by atoms with E-state index in [1.54, 1.807) is 0 Å². The summed E-state index contributed by atoms with van der Waals surface area (Å²) >= 11 is 0. The van der Waals surface area contributed by atoms with Gasteiger partial charge in [0.25, 0.3) is 0 Å². The molecule has 0 aliphatic carbocycles. The summed E-state index contributed by atoms with van der Waals surface area (Å²) in [6, 6.07) is 28.7. The summed E-state index contributed by atoms with van der Waals surface area (Å²) < 4.78 is 4.89. The number of hydrogen-bond acceptors (Lipinski definition) is 4. The summed E-state index contributed by atoms with van der Waals surface area (Å²) in [6.45, 7) is 2.38. The molecule has 5 heteroatoms. The maximum atomic E-state index is 12.3. The van der Waals surface area contributed by atoms with E-state index >= 15 is 0 Å². The number of nitrogens with one attached hydrogen (secondary N) is 1. The minimum Gasteiger partial charge on any atom is -0.468 e. The van der Waals surface area contributed by atoms with Crippen LogP contribution in [0.5, 0.6) is 0 Å². The minimum absolute atomic E-state index is 0.553. The van der Waals surface area contributed by atoms with Gasteiger partial charge in [0.15, 0.2) is 5.92 Å². The first-order valence-electron chi connectivity index (χ1n) is 11.1. The molecule has 0 bridgehead atoms. The smallest absolute Gasteiger partial charge is 0.321 e. The number of carbonyl (C=O) groups excluding carboxylic acids is 2. The third-order valence-corrected chi connectivity index (χ3v) is 5.92. The van der Waals surface area contributed by atoms with E-state index < -0.39 is 11.9 Å². The number of aromatic nitrogens is 1. The molecule has 1 aromatic heterocycles. The van der Waals surface area contributed by atoms with Gasteiger partial charge in [-0.3, -0.25) is 9.69 Å². The lowest BCUT2D eigenvalue weighted by atomic mass is 9.98. The molecule has 0 amide bonds. The van der Waals surface area contributed by atoms with Crippen molar-refractivity contribution in [3.05, 3.63) is 107 Å². The first kappa shape index (κ1) is 22.5. The highest BCUT2D eigenvalue weighted by molar-refractivity contribution is 5.97. The number of hydrogen-bond donors (Lipinski definition) is 1. The summed E-state index contributed by atoms with van der Waals surface area (Å²) in [4.78, 5) is 29.8. The van der Waals surface area contributed by atoms with Gasteiger partial charge >= 0.3 is 5.97 Å². The fraction of sp³-hybridized carbons (Fsp3) is 0.214. The Morgan fingerprint density at radius 3 is 2.06 bits per heavy atom. The average molecular weight is 441 g/mol. The van der Waals surface area contributed by atoms with Crippen LogP contribution in [0.3, 0.4) is 0 Å². The zero-order valence-electron chi connectivity index (χ0n) is 18.7. The van der Waals surface area contributed by atoms with Crippen LogP contribution < -0.4 is 0 Å². The van der Waals surface area contributed by atoms with Crippen LogP contribution in [-0.2, 0) is 33.8 Å². The zero-order chi connectivity index (χ0) is 23.0. The van der Waals surface area contributed by atoms with Crippen molar-refractivity contribution in [1.29, 1.82) is 0 Å². The highest BCUT2D eigenvalue weighted by atomic mass is 16.5. The van der Waals surface area contributed by atoms with E-state index in [0.717, 1.165) is 36.1 Å². The molecule has 1 N–H and O–H groups in total. The maximum Gasteiger partial charge on any atom is 0.321 e. The summed E-state index contributed by atoms with van der Waals surface area (Å²) in [7, 11) is 1.31. The van der Waals surface area contributed by atoms with E-state index in [1.165, 1.54) is 18.2 Å². The molecule has 0 saturated heterocycles. The quantitative estimate of drug-likeness (QED) is 0.217. The number of aromatic amines is 1. The van der Waals surface area contributed by atoms with Gasteiger partial charge in [0.2, 0.25) is 0 Å². The number of para-hydroxylation sites is 1. The van der Waals surface area contributed by atoms with Crippen molar-refractivity contribution in [2.75, 3.05) is 13.7 Å². The Morgan fingerprint density at radius 1 is 0.909 bits per heavy atom. The van der Waals surface area contributed by atoms with Crippen LogP contribution in [0.1, 0.15) is 28.3 Å². The molecule has 0 radical (unpaired) electrons. The number of benzene rings is 3. The highest BCUT2D eigenvalue weighted by Gasteiger charge is 2.27. The molecule has 0 aliphatic rings. The van der Waals surface area contributed by atoms with Crippen molar-refractivity contribution >= 4 is 23.2 Å². The zero-order valence-corrected chi connectivity index (χ0v) is 18.7. The number of carbonyl (C=O) groups is 2. The van der Waals surface area contributed by atoms with Crippen LogP contribution in [0.4, 0.5) is 0 Å². The minimum atomic E-state index is -0.964. The molecule has 168 valence electrons. The first-order valence-corrected chi connectivity index (χ1v) is 11.1. The molecule has 5 nitrogen and oxygen atoms in total. The molecule has 1 heterocycles. The summed E-state index contributed by atoms with van der Waals surface area (Å²) in [6.07, 6.45) is 1.35. The Labute approximate surface area is 194 Å². The largest absolute Gasteiger partial charge is 0.468 e. The SMILES string of the molecule is COC(=O)C(C=O)c1[nH]c2ccccc2c1CCN(Cc1ccccc1)Cc1ccccc1. The van der Waals surface area contributed by atoms with Crippen molar-refractivity contribution in [2.24, 2.45) is 0 Å². The molecule has 0 aliphatic heterocycles. The van der Waals surface area contributed by atoms with Gasteiger partial charge in [-0.05, 0) is 29.2 Å². The topological polar surface area (TPSA) is 62.4 Å². The van der Waals surface area contributed by atoms with E-state index in [9.17, 15) is 9.59 Å². The normalized spacial score (nSPS) is 12.1. The van der Waals surface area contributed by atoms with Gasteiger partial charge in [-0.1, -0.05) is 78.9 Å². The summed E-state index contributed by atoms with van der Waals surface area (Å²) in [5.41, 5.74) is 5.01. The Hall–Kier alpha value is -3.70. The molecule has 0 saturated carbocycles. The number of methoxy groups -OCH3 is 1. The standard InChI is InChI=1S/C28H28N2O3/c1-33-28(32)25(20-31)27-24(23-14-8-9-15-26(23)29-27)16-17-30(18-21-10-4-2-5-11-21)19-22-12-6-3-7-13-22/h2-15,20,25,29H,16-19H2,1H3. The molecule has 1 unspecified atom stereocenters. The van der Waals surface area contributed by atoms with Gasteiger partial charge in [0.1, 0.15) is 6.29 Å². The molecule has 0 spiro atoms. The number of ether oxygens (including phenoxy) is 1. The van der Waals surface area contributed by atoms with E-state index in [1.807, 2.05) is 36.4 Å². The number of aldehydes is 1. The van der Waals surface area contributed by atoms with Gasteiger partial charge in [0.05, 0.1) is 7.11 Å². The summed E-state index contributed by atoms with van der Waals surface area (Å²) in [5.74, 6) is -1.52. The Balaban J connectivity index is 1.63. The Kier molecular flexibility index (Phi) is 7.33. The first-order chi connectivity index (χ1) is 16.2. The van der Waals surface area contributed by atoms with Crippen LogP contribution in [0, 0.1) is 0 Å². The van der Waals surface area contributed by atoms with Gasteiger partial charge in [-0.2, -0.15) is 0 Å². The van der Waals surface area contributed by atoms with Crippen molar-refractivity contribution in [2.45, 2.75) is 25.4 Å². The lowest BCUT2D eigenvalue weighted by molar-refractivity contribution is -0.143. The Morgan fingerprint density at radius 2 is 1.48 bits per heavy atom. The second kappa shape index (κ2) is 10.7. The van der Waals surface area contributed by atoms with Crippen LogP contribution in [0.15, 0.2) is 84.9 Å². The second-order valence-electron chi connectivity index (χ2n) is 8.13. The van der Waals surface area contributed by atoms with Gasteiger partial charge < -0.3 is 14.5 Å². The highest BCUT2D eigenvalue weighted by Crippen LogP contribution is 2.29. The second-order valence-corrected chi connectivity index (χ2v) is 8.13. The van der Waals surface area contributed by atoms with Gasteiger partial charge in [0, 0.05) is 36.2 Å². The predicted molar refractivity (Wildman–Crippen MR) is 130 cm³/mol. The number of esters is 1.